The molecule has 0 atom stereocenters. The van der Waals surface area contributed by atoms with E-state index in [4.69, 9.17) is 14.2 Å². The first kappa shape index (κ1) is 16.1. The van der Waals surface area contributed by atoms with Crippen molar-refractivity contribution in [1.82, 2.24) is 25.1 Å². The third kappa shape index (κ3) is 3.96. The Hall–Kier alpha value is -2.75. The average Bonchev–Trinajstić information content (AvgIpc) is 2.64. The average molecular weight is 333 g/mol. The quantitative estimate of drug-likeness (QED) is 0.812. The summed E-state index contributed by atoms with van der Waals surface area (Å²) in [7, 11) is 1.74. The maximum atomic E-state index is 5.60. The number of hydrogen-bond acceptors (Lipinski definition) is 10. The molecule has 10 nitrogen and oxygen atoms in total. The Morgan fingerprint density at radius 3 is 2.54 bits per heavy atom. The SMILES string of the molecule is CCOc1ccc(Oc2nc(NC)nc(N3CCOCC3)n2)nn1. The van der Waals surface area contributed by atoms with E-state index in [9.17, 15) is 0 Å². The molecule has 1 fully saturated rings. The summed E-state index contributed by atoms with van der Waals surface area (Å²) in [6.45, 7) is 5.12. The van der Waals surface area contributed by atoms with E-state index in [1.165, 1.54) is 0 Å². The maximum Gasteiger partial charge on any atom is 0.330 e. The van der Waals surface area contributed by atoms with Gasteiger partial charge >= 0.3 is 6.01 Å². The zero-order chi connectivity index (χ0) is 16.8. The van der Waals surface area contributed by atoms with Crippen LogP contribution >= 0.6 is 0 Å². The summed E-state index contributed by atoms with van der Waals surface area (Å²) in [6.07, 6.45) is 0. The molecule has 3 rings (SSSR count). The van der Waals surface area contributed by atoms with Crippen LogP contribution in [-0.2, 0) is 4.74 Å². The molecule has 128 valence electrons. The predicted octanol–water partition coefficient (Wildman–Crippen LogP) is 0.731. The van der Waals surface area contributed by atoms with E-state index in [0.717, 1.165) is 13.1 Å². The molecule has 0 aromatic carbocycles. The van der Waals surface area contributed by atoms with E-state index >= 15 is 0 Å². The number of aromatic nitrogens is 5. The van der Waals surface area contributed by atoms with Crippen LogP contribution < -0.4 is 19.7 Å². The Balaban J connectivity index is 1.78. The highest BCUT2D eigenvalue weighted by molar-refractivity contribution is 5.38. The van der Waals surface area contributed by atoms with Gasteiger partial charge in [0.2, 0.25) is 23.7 Å². The first-order valence-electron chi connectivity index (χ1n) is 7.69. The number of nitrogens with one attached hydrogen (secondary N) is 1. The van der Waals surface area contributed by atoms with Gasteiger partial charge in [-0.15, -0.1) is 10.2 Å². The second-order valence-electron chi connectivity index (χ2n) is 4.84. The first-order chi connectivity index (χ1) is 11.8. The second kappa shape index (κ2) is 7.68. The molecule has 0 radical (unpaired) electrons. The van der Waals surface area contributed by atoms with Crippen molar-refractivity contribution in [1.29, 1.82) is 0 Å². The number of nitrogens with zero attached hydrogens (tertiary/aromatic N) is 6. The van der Waals surface area contributed by atoms with E-state index in [2.05, 4.69) is 30.5 Å². The normalized spacial score (nSPS) is 14.3. The molecule has 1 aliphatic heterocycles. The third-order valence-corrected chi connectivity index (χ3v) is 3.22. The minimum Gasteiger partial charge on any atom is -0.477 e. The molecular formula is C14H19N7O3. The molecule has 0 aliphatic carbocycles. The van der Waals surface area contributed by atoms with Crippen LogP contribution in [0.1, 0.15) is 6.92 Å². The lowest BCUT2D eigenvalue weighted by Gasteiger charge is -2.26. The van der Waals surface area contributed by atoms with Gasteiger partial charge in [0.15, 0.2) is 0 Å². The monoisotopic (exact) mass is 333 g/mol. The van der Waals surface area contributed by atoms with Gasteiger partial charge in [-0.25, -0.2) is 0 Å². The van der Waals surface area contributed by atoms with Crippen LogP contribution in [-0.4, -0.2) is 65.1 Å². The van der Waals surface area contributed by atoms with Crippen molar-refractivity contribution in [2.24, 2.45) is 0 Å². The van der Waals surface area contributed by atoms with Crippen LogP contribution in [0.25, 0.3) is 0 Å². The summed E-state index contributed by atoms with van der Waals surface area (Å²) < 4.78 is 16.2. The number of morpholine rings is 1. The van der Waals surface area contributed by atoms with Crippen molar-refractivity contribution in [2.45, 2.75) is 6.92 Å². The van der Waals surface area contributed by atoms with Crippen molar-refractivity contribution < 1.29 is 14.2 Å². The predicted molar refractivity (Wildman–Crippen MR) is 85.7 cm³/mol. The van der Waals surface area contributed by atoms with Gasteiger partial charge in [-0.3, -0.25) is 0 Å². The van der Waals surface area contributed by atoms with Crippen molar-refractivity contribution in [2.75, 3.05) is 50.2 Å². The second-order valence-corrected chi connectivity index (χ2v) is 4.84. The van der Waals surface area contributed by atoms with Crippen LogP contribution in [0.15, 0.2) is 12.1 Å². The van der Waals surface area contributed by atoms with E-state index in [1.54, 1.807) is 19.2 Å². The highest BCUT2D eigenvalue weighted by Gasteiger charge is 2.17. The van der Waals surface area contributed by atoms with Gasteiger partial charge in [0.1, 0.15) is 0 Å². The highest BCUT2D eigenvalue weighted by atomic mass is 16.5. The summed E-state index contributed by atoms with van der Waals surface area (Å²) in [5.74, 6) is 1.66. The topological polar surface area (TPSA) is 107 Å². The molecule has 0 spiro atoms. The number of ether oxygens (including phenoxy) is 3. The fourth-order valence-corrected chi connectivity index (χ4v) is 2.09. The van der Waals surface area contributed by atoms with Gasteiger partial charge in [-0.1, -0.05) is 0 Å². The number of rotatable bonds is 6. The zero-order valence-electron chi connectivity index (χ0n) is 13.6. The lowest BCUT2D eigenvalue weighted by molar-refractivity contribution is 0.122. The molecule has 24 heavy (non-hydrogen) atoms. The van der Waals surface area contributed by atoms with E-state index in [0.29, 0.717) is 37.6 Å². The van der Waals surface area contributed by atoms with Gasteiger partial charge in [0.25, 0.3) is 0 Å². The Morgan fingerprint density at radius 2 is 1.88 bits per heavy atom. The van der Waals surface area contributed by atoms with Crippen LogP contribution in [0.5, 0.6) is 17.8 Å². The molecule has 3 heterocycles. The lowest BCUT2D eigenvalue weighted by Crippen LogP contribution is -2.37. The molecule has 0 saturated carbocycles. The molecule has 0 amide bonds. The van der Waals surface area contributed by atoms with Gasteiger partial charge in [-0.05, 0) is 6.92 Å². The summed E-state index contributed by atoms with van der Waals surface area (Å²) in [4.78, 5) is 14.9. The largest absolute Gasteiger partial charge is 0.477 e. The smallest absolute Gasteiger partial charge is 0.330 e. The molecule has 0 bridgehead atoms. The van der Waals surface area contributed by atoms with Crippen molar-refractivity contribution in [3.05, 3.63) is 12.1 Å². The Kier molecular flexibility index (Phi) is 5.16. The molecular weight excluding hydrogens is 314 g/mol. The molecule has 1 N–H and O–H groups in total. The maximum absolute atomic E-state index is 5.60. The van der Waals surface area contributed by atoms with Crippen LogP contribution in [0.4, 0.5) is 11.9 Å². The van der Waals surface area contributed by atoms with Crippen molar-refractivity contribution >= 4 is 11.9 Å². The molecule has 10 heteroatoms. The summed E-state index contributed by atoms with van der Waals surface area (Å²) in [6, 6.07) is 3.47. The van der Waals surface area contributed by atoms with Gasteiger partial charge in [-0.2, -0.15) is 15.0 Å². The Bertz CT molecular complexity index is 662. The number of anilines is 2. The van der Waals surface area contributed by atoms with Gasteiger partial charge < -0.3 is 24.4 Å². The minimum absolute atomic E-state index is 0.148. The molecule has 1 aliphatic rings. The fourth-order valence-electron chi connectivity index (χ4n) is 2.09. The molecule has 2 aromatic heterocycles. The number of hydrogen-bond donors (Lipinski definition) is 1. The fraction of sp³-hybridized carbons (Fsp3) is 0.500. The molecule has 1 saturated heterocycles. The molecule has 0 unspecified atom stereocenters. The standard InChI is InChI=1S/C14H19N7O3/c1-3-23-10-4-5-11(20-19-10)24-14-17-12(15-2)16-13(18-14)21-6-8-22-9-7-21/h4-5H,3,6-9H2,1-2H3,(H,15,16,17,18). The summed E-state index contributed by atoms with van der Waals surface area (Å²) >= 11 is 0. The van der Waals surface area contributed by atoms with Crippen molar-refractivity contribution in [3.63, 3.8) is 0 Å². The van der Waals surface area contributed by atoms with E-state index < -0.39 is 0 Å². The minimum atomic E-state index is 0.148. The van der Waals surface area contributed by atoms with Gasteiger partial charge in [0.05, 0.1) is 19.8 Å². The lowest BCUT2D eigenvalue weighted by atomic mass is 10.4. The van der Waals surface area contributed by atoms with Crippen LogP contribution in [0.2, 0.25) is 0 Å². The van der Waals surface area contributed by atoms with Gasteiger partial charge in [0, 0.05) is 32.3 Å². The molecule has 2 aromatic rings. The Labute approximate surface area is 139 Å². The van der Waals surface area contributed by atoms with E-state index in [1.807, 2.05) is 11.8 Å². The van der Waals surface area contributed by atoms with Crippen LogP contribution in [0.3, 0.4) is 0 Å². The van der Waals surface area contributed by atoms with Crippen LogP contribution in [0, 0.1) is 0 Å². The Morgan fingerprint density at radius 1 is 1.12 bits per heavy atom. The first-order valence-corrected chi connectivity index (χ1v) is 7.69. The highest BCUT2D eigenvalue weighted by Crippen LogP contribution is 2.20. The summed E-state index contributed by atoms with van der Waals surface area (Å²) in [5, 5.41) is 10.7. The van der Waals surface area contributed by atoms with E-state index in [-0.39, 0.29) is 11.9 Å². The summed E-state index contributed by atoms with van der Waals surface area (Å²) in [5.41, 5.74) is 0. The third-order valence-electron chi connectivity index (χ3n) is 3.22. The zero-order valence-corrected chi connectivity index (χ0v) is 13.6. The van der Waals surface area contributed by atoms with Crippen molar-refractivity contribution in [3.8, 4) is 17.8 Å².